The first-order valence-electron chi connectivity index (χ1n) is 5.88. The maximum absolute atomic E-state index is 10.7. The number of aromatic amines is 1. The molecule has 1 aliphatic carbocycles. The molecule has 0 bridgehead atoms. The van der Waals surface area contributed by atoms with Crippen molar-refractivity contribution < 1.29 is 9.90 Å². The minimum absolute atomic E-state index is 0.00750. The summed E-state index contributed by atoms with van der Waals surface area (Å²) < 4.78 is 0. The number of aliphatic carboxylic acids is 1. The highest BCUT2D eigenvalue weighted by atomic mass is 16.4. The largest absolute Gasteiger partial charge is 0.481 e. The van der Waals surface area contributed by atoms with Crippen LogP contribution in [0.15, 0.2) is 0 Å². The van der Waals surface area contributed by atoms with E-state index in [9.17, 15) is 4.79 Å². The van der Waals surface area contributed by atoms with Gasteiger partial charge in [0, 0.05) is 11.6 Å². The summed E-state index contributed by atoms with van der Waals surface area (Å²) in [6, 6.07) is 0. The third-order valence-electron chi connectivity index (χ3n) is 3.19. The van der Waals surface area contributed by atoms with E-state index in [-0.39, 0.29) is 6.42 Å². The van der Waals surface area contributed by atoms with Crippen molar-refractivity contribution >= 4 is 5.97 Å². The molecule has 16 heavy (non-hydrogen) atoms. The van der Waals surface area contributed by atoms with Crippen LogP contribution < -0.4 is 0 Å². The Morgan fingerprint density at radius 1 is 1.56 bits per heavy atom. The van der Waals surface area contributed by atoms with E-state index >= 15 is 0 Å². The summed E-state index contributed by atoms with van der Waals surface area (Å²) in [6.07, 6.45) is 3.67. The van der Waals surface area contributed by atoms with Crippen LogP contribution in [0.2, 0.25) is 0 Å². The molecule has 1 aromatic heterocycles. The highest BCUT2D eigenvalue weighted by Gasteiger charge is 2.26. The summed E-state index contributed by atoms with van der Waals surface area (Å²) in [6.45, 7) is 4.20. The van der Waals surface area contributed by atoms with E-state index in [0.717, 1.165) is 5.69 Å². The fourth-order valence-corrected chi connectivity index (χ4v) is 2.13. The molecule has 0 saturated heterocycles. The molecule has 1 fully saturated rings. The zero-order chi connectivity index (χ0) is 11.7. The predicted octanol–water partition coefficient (Wildman–Crippen LogP) is 2.43. The van der Waals surface area contributed by atoms with E-state index in [2.05, 4.69) is 23.8 Å². The molecule has 0 aromatic carbocycles. The normalized spacial score (nSPS) is 16.4. The van der Waals surface area contributed by atoms with Crippen LogP contribution in [-0.2, 0) is 11.2 Å². The Balaban J connectivity index is 2.26. The van der Waals surface area contributed by atoms with Crippen LogP contribution in [0.3, 0.4) is 0 Å². The van der Waals surface area contributed by atoms with Crippen LogP contribution in [0.25, 0.3) is 0 Å². The van der Waals surface area contributed by atoms with Gasteiger partial charge < -0.3 is 10.1 Å². The second kappa shape index (κ2) is 4.28. The molecule has 2 N–H and O–H groups in total. The molecular formula is C12H18N2O2. The van der Waals surface area contributed by atoms with Gasteiger partial charge in [-0.2, -0.15) is 0 Å². The smallest absolute Gasteiger partial charge is 0.311 e. The van der Waals surface area contributed by atoms with Gasteiger partial charge in [-0.1, -0.05) is 20.3 Å². The van der Waals surface area contributed by atoms with Crippen LogP contribution in [0.5, 0.6) is 0 Å². The molecule has 1 saturated carbocycles. The topological polar surface area (TPSA) is 66.0 Å². The van der Waals surface area contributed by atoms with Gasteiger partial charge in [0.05, 0.1) is 5.69 Å². The van der Waals surface area contributed by atoms with Crippen LogP contribution in [-0.4, -0.2) is 21.0 Å². The Hall–Kier alpha value is -1.32. The molecular weight excluding hydrogens is 204 g/mol. The number of nitrogens with one attached hydrogen (secondary N) is 1. The summed E-state index contributed by atoms with van der Waals surface area (Å²) in [5.41, 5.74) is 2.23. The van der Waals surface area contributed by atoms with Crippen molar-refractivity contribution in [3.63, 3.8) is 0 Å². The lowest BCUT2D eigenvalue weighted by Crippen LogP contribution is -2.12. The first-order chi connectivity index (χ1) is 7.58. The summed E-state index contributed by atoms with van der Waals surface area (Å²) in [4.78, 5) is 18.3. The molecule has 4 nitrogen and oxygen atoms in total. The number of hydrogen-bond acceptors (Lipinski definition) is 2. The maximum atomic E-state index is 10.7. The second-order valence-electron chi connectivity index (χ2n) is 4.84. The lowest BCUT2D eigenvalue weighted by molar-refractivity contribution is -0.136. The van der Waals surface area contributed by atoms with Crippen molar-refractivity contribution in [1.29, 1.82) is 0 Å². The molecule has 2 rings (SSSR count). The number of carbonyl (C=O) groups is 1. The number of nitrogens with zero attached hydrogens (tertiary/aromatic N) is 1. The van der Waals surface area contributed by atoms with E-state index in [1.54, 1.807) is 0 Å². The third kappa shape index (κ3) is 2.10. The van der Waals surface area contributed by atoms with E-state index in [4.69, 9.17) is 5.11 Å². The molecule has 0 atom stereocenters. The van der Waals surface area contributed by atoms with Crippen LogP contribution >= 0.6 is 0 Å². The van der Waals surface area contributed by atoms with Gasteiger partial charge in [0.25, 0.3) is 0 Å². The number of aromatic nitrogens is 2. The molecule has 0 aliphatic heterocycles. The first kappa shape index (κ1) is 11.2. The summed E-state index contributed by atoms with van der Waals surface area (Å²) in [5, 5.41) is 8.76. The Kier molecular flexibility index (Phi) is 2.99. The Labute approximate surface area is 95.1 Å². The molecule has 0 radical (unpaired) electrons. The summed E-state index contributed by atoms with van der Waals surface area (Å²) in [7, 11) is 0. The van der Waals surface area contributed by atoms with Gasteiger partial charge in [-0.25, -0.2) is 4.98 Å². The average Bonchev–Trinajstić information content (AvgIpc) is 2.44. The van der Waals surface area contributed by atoms with Crippen molar-refractivity contribution in [1.82, 2.24) is 9.97 Å². The van der Waals surface area contributed by atoms with Crippen LogP contribution in [0.4, 0.5) is 0 Å². The zero-order valence-electron chi connectivity index (χ0n) is 9.79. The number of imidazole rings is 1. The van der Waals surface area contributed by atoms with Crippen molar-refractivity contribution in [2.75, 3.05) is 0 Å². The van der Waals surface area contributed by atoms with Crippen LogP contribution in [0.1, 0.15) is 62.2 Å². The van der Waals surface area contributed by atoms with Gasteiger partial charge in [0.1, 0.15) is 12.2 Å². The van der Waals surface area contributed by atoms with Gasteiger partial charge in [0.2, 0.25) is 0 Å². The SMILES string of the molecule is CC(C)c1nc(CC(=O)O)[nH]c1C1CCC1. The molecule has 88 valence electrons. The van der Waals surface area contributed by atoms with E-state index in [0.29, 0.717) is 17.7 Å². The lowest BCUT2D eigenvalue weighted by Gasteiger charge is -2.25. The van der Waals surface area contributed by atoms with E-state index in [1.165, 1.54) is 25.0 Å². The van der Waals surface area contributed by atoms with E-state index in [1.807, 2.05) is 0 Å². The molecule has 1 aromatic rings. The van der Waals surface area contributed by atoms with Gasteiger partial charge >= 0.3 is 5.97 Å². The minimum atomic E-state index is -0.829. The van der Waals surface area contributed by atoms with Gasteiger partial charge in [-0.05, 0) is 18.8 Å². The van der Waals surface area contributed by atoms with Gasteiger partial charge in [-0.15, -0.1) is 0 Å². The highest BCUT2D eigenvalue weighted by molar-refractivity contribution is 5.69. The quantitative estimate of drug-likeness (QED) is 0.822. The fraction of sp³-hybridized carbons (Fsp3) is 0.667. The third-order valence-corrected chi connectivity index (χ3v) is 3.19. The Morgan fingerprint density at radius 2 is 2.25 bits per heavy atom. The van der Waals surface area contributed by atoms with Crippen molar-refractivity contribution in [2.45, 2.75) is 51.4 Å². The molecule has 4 heteroatoms. The zero-order valence-corrected chi connectivity index (χ0v) is 9.79. The van der Waals surface area contributed by atoms with Gasteiger partial charge in [-0.3, -0.25) is 4.79 Å². The minimum Gasteiger partial charge on any atom is -0.481 e. The van der Waals surface area contributed by atoms with Crippen molar-refractivity contribution in [3.8, 4) is 0 Å². The van der Waals surface area contributed by atoms with E-state index < -0.39 is 5.97 Å². The molecule has 1 aliphatic rings. The number of carboxylic acid groups (broad SMARTS) is 1. The number of carboxylic acids is 1. The monoisotopic (exact) mass is 222 g/mol. The van der Waals surface area contributed by atoms with Crippen molar-refractivity contribution in [2.24, 2.45) is 0 Å². The lowest BCUT2D eigenvalue weighted by atomic mass is 9.81. The Morgan fingerprint density at radius 3 is 2.69 bits per heavy atom. The average molecular weight is 222 g/mol. The van der Waals surface area contributed by atoms with Crippen molar-refractivity contribution in [3.05, 3.63) is 17.2 Å². The molecule has 0 unspecified atom stereocenters. The standard InChI is InChI=1S/C12H18N2O2/c1-7(2)11-12(8-4-3-5-8)14-9(13-11)6-10(15)16/h7-8H,3-6H2,1-2H3,(H,13,14)(H,15,16). The highest BCUT2D eigenvalue weighted by Crippen LogP contribution is 2.38. The number of hydrogen-bond donors (Lipinski definition) is 2. The maximum Gasteiger partial charge on any atom is 0.311 e. The van der Waals surface area contributed by atoms with Gasteiger partial charge in [0.15, 0.2) is 0 Å². The fourth-order valence-electron chi connectivity index (χ4n) is 2.13. The molecule has 1 heterocycles. The first-order valence-corrected chi connectivity index (χ1v) is 5.88. The second-order valence-corrected chi connectivity index (χ2v) is 4.84. The van der Waals surface area contributed by atoms with Crippen LogP contribution in [0, 0.1) is 0 Å². The molecule has 0 amide bonds. The summed E-state index contributed by atoms with van der Waals surface area (Å²) in [5.74, 6) is 0.698. The Bertz CT molecular complexity index is 392. The summed E-state index contributed by atoms with van der Waals surface area (Å²) >= 11 is 0. The number of rotatable bonds is 4. The number of H-pyrrole nitrogens is 1. The molecule has 0 spiro atoms. The predicted molar refractivity (Wildman–Crippen MR) is 60.6 cm³/mol.